The first-order valence-electron chi connectivity index (χ1n) is 3.80. The number of halogens is 2. The van der Waals surface area contributed by atoms with E-state index in [0.717, 1.165) is 13.0 Å². The normalized spacial score (nSPS) is 42.8. The van der Waals surface area contributed by atoms with E-state index in [4.69, 9.17) is 4.74 Å². The molecule has 0 aromatic rings. The Hall–Kier alpha value is 0.140. The third kappa shape index (κ3) is 1.37. The molecule has 2 aliphatic rings. The van der Waals surface area contributed by atoms with Gasteiger partial charge in [-0.05, 0) is 19.4 Å². The molecule has 0 aliphatic carbocycles. The summed E-state index contributed by atoms with van der Waals surface area (Å²) in [6.45, 7) is 2.09. The van der Waals surface area contributed by atoms with E-state index in [2.05, 4.69) is 5.32 Å². The molecule has 2 fully saturated rings. The van der Waals surface area contributed by atoms with Gasteiger partial charge in [0.15, 0.2) is 0 Å². The van der Waals surface area contributed by atoms with Gasteiger partial charge in [-0.15, -0.1) is 12.4 Å². The average Bonchev–Trinajstić information content (AvgIpc) is 2.48. The van der Waals surface area contributed by atoms with Crippen LogP contribution in [0.15, 0.2) is 0 Å². The summed E-state index contributed by atoms with van der Waals surface area (Å²) >= 11 is 0. The molecule has 2 unspecified atom stereocenters. The zero-order valence-electron chi connectivity index (χ0n) is 6.31. The van der Waals surface area contributed by atoms with Gasteiger partial charge in [-0.1, -0.05) is 0 Å². The summed E-state index contributed by atoms with van der Waals surface area (Å²) in [4.78, 5) is 0. The molecule has 66 valence electrons. The third-order valence-electron chi connectivity index (χ3n) is 2.53. The summed E-state index contributed by atoms with van der Waals surface area (Å²) in [6.07, 6.45) is 0.812. The molecule has 2 saturated heterocycles. The first kappa shape index (κ1) is 9.23. The molecule has 2 atom stereocenters. The lowest BCUT2D eigenvalue weighted by molar-refractivity contribution is 0.138. The molecule has 0 bridgehead atoms. The first-order chi connectivity index (χ1) is 4.83. The molecule has 2 rings (SSSR count). The van der Waals surface area contributed by atoms with Crippen LogP contribution < -0.4 is 5.32 Å². The van der Waals surface area contributed by atoms with Crippen LogP contribution >= 0.6 is 12.4 Å². The van der Waals surface area contributed by atoms with Gasteiger partial charge in [0.25, 0.3) is 0 Å². The second-order valence-electron chi connectivity index (χ2n) is 3.14. The maximum Gasteiger partial charge on any atom is 0.122 e. The number of nitrogens with one attached hydrogen (secondary N) is 1. The van der Waals surface area contributed by atoms with Crippen LogP contribution in [0.4, 0.5) is 4.39 Å². The second-order valence-corrected chi connectivity index (χ2v) is 3.14. The molecule has 1 N–H and O–H groups in total. The minimum Gasteiger partial charge on any atom is -0.379 e. The van der Waals surface area contributed by atoms with Crippen molar-refractivity contribution in [3.8, 4) is 0 Å². The average molecular weight is 182 g/mol. The van der Waals surface area contributed by atoms with Crippen molar-refractivity contribution in [3.05, 3.63) is 0 Å². The minimum atomic E-state index is -0.685. The molecule has 0 aromatic carbocycles. The highest BCUT2D eigenvalue weighted by molar-refractivity contribution is 5.85. The van der Waals surface area contributed by atoms with Crippen molar-refractivity contribution < 1.29 is 9.13 Å². The van der Waals surface area contributed by atoms with Gasteiger partial charge in [-0.3, -0.25) is 0 Å². The first-order valence-corrected chi connectivity index (χ1v) is 3.80. The van der Waals surface area contributed by atoms with Crippen LogP contribution in [-0.2, 0) is 4.74 Å². The fourth-order valence-corrected chi connectivity index (χ4v) is 1.80. The van der Waals surface area contributed by atoms with Gasteiger partial charge in [0.1, 0.15) is 6.17 Å². The van der Waals surface area contributed by atoms with Gasteiger partial charge in [-0.2, -0.15) is 0 Å². The van der Waals surface area contributed by atoms with E-state index in [1.807, 2.05) is 0 Å². The van der Waals surface area contributed by atoms with Crippen molar-refractivity contribution in [2.45, 2.75) is 24.6 Å². The largest absolute Gasteiger partial charge is 0.379 e. The molecule has 0 radical (unpaired) electrons. The lowest BCUT2D eigenvalue weighted by Gasteiger charge is -2.23. The van der Waals surface area contributed by atoms with E-state index in [1.165, 1.54) is 0 Å². The molecule has 2 aliphatic heterocycles. The van der Waals surface area contributed by atoms with Gasteiger partial charge < -0.3 is 10.1 Å². The monoisotopic (exact) mass is 181 g/mol. The molecule has 2 heterocycles. The Labute approximate surface area is 71.9 Å². The number of rotatable bonds is 0. The summed E-state index contributed by atoms with van der Waals surface area (Å²) in [7, 11) is 0. The van der Waals surface area contributed by atoms with E-state index >= 15 is 0 Å². The Balaban J connectivity index is 0.000000605. The predicted molar refractivity (Wildman–Crippen MR) is 42.9 cm³/mol. The SMILES string of the molecule is Cl.FC1CCNC12CCOC2. The van der Waals surface area contributed by atoms with Crippen molar-refractivity contribution in [1.82, 2.24) is 5.32 Å². The molecule has 0 aromatic heterocycles. The van der Waals surface area contributed by atoms with Crippen molar-refractivity contribution in [2.75, 3.05) is 19.8 Å². The molecule has 4 heteroatoms. The van der Waals surface area contributed by atoms with E-state index < -0.39 is 6.17 Å². The van der Waals surface area contributed by atoms with Gasteiger partial charge in [0.2, 0.25) is 0 Å². The maximum absolute atomic E-state index is 13.1. The standard InChI is InChI=1S/C7H12FNO.ClH/c8-6-1-3-9-7(6)2-4-10-5-7;/h6,9H,1-5H2;1H. The van der Waals surface area contributed by atoms with Crippen LogP contribution in [0.3, 0.4) is 0 Å². The predicted octanol–water partition coefficient (Wildman–Crippen LogP) is 0.899. The number of alkyl halides is 1. The smallest absolute Gasteiger partial charge is 0.122 e. The summed E-state index contributed by atoms with van der Waals surface area (Å²) in [5.74, 6) is 0. The van der Waals surface area contributed by atoms with E-state index in [0.29, 0.717) is 19.6 Å². The number of ether oxygens (including phenoxy) is 1. The minimum absolute atomic E-state index is 0. The Bertz CT molecular complexity index is 133. The molecule has 2 nitrogen and oxygen atoms in total. The second kappa shape index (κ2) is 3.25. The van der Waals surface area contributed by atoms with E-state index in [1.54, 1.807) is 0 Å². The summed E-state index contributed by atoms with van der Waals surface area (Å²) in [5.41, 5.74) is -0.292. The van der Waals surface area contributed by atoms with Gasteiger partial charge >= 0.3 is 0 Å². The van der Waals surface area contributed by atoms with Crippen molar-refractivity contribution in [3.63, 3.8) is 0 Å². The van der Waals surface area contributed by atoms with Crippen LogP contribution in [0, 0.1) is 0 Å². The molecule has 1 spiro atoms. The fraction of sp³-hybridized carbons (Fsp3) is 1.00. The van der Waals surface area contributed by atoms with Gasteiger partial charge in [-0.25, -0.2) is 4.39 Å². The van der Waals surface area contributed by atoms with E-state index in [-0.39, 0.29) is 17.9 Å². The number of hydrogen-bond donors (Lipinski definition) is 1. The Morgan fingerprint density at radius 2 is 2.36 bits per heavy atom. The number of hydrogen-bond acceptors (Lipinski definition) is 2. The molecule has 0 saturated carbocycles. The summed E-state index contributed by atoms with van der Waals surface area (Å²) < 4.78 is 18.3. The summed E-state index contributed by atoms with van der Waals surface area (Å²) in [6, 6.07) is 0. The van der Waals surface area contributed by atoms with Crippen LogP contribution in [-0.4, -0.2) is 31.5 Å². The highest BCUT2D eigenvalue weighted by atomic mass is 35.5. The highest BCUT2D eigenvalue weighted by Crippen LogP contribution is 2.30. The fourth-order valence-electron chi connectivity index (χ4n) is 1.80. The molecule has 0 amide bonds. The Morgan fingerprint density at radius 1 is 1.55 bits per heavy atom. The van der Waals surface area contributed by atoms with Crippen LogP contribution in [0.2, 0.25) is 0 Å². The van der Waals surface area contributed by atoms with Crippen molar-refractivity contribution in [1.29, 1.82) is 0 Å². The van der Waals surface area contributed by atoms with Crippen molar-refractivity contribution in [2.24, 2.45) is 0 Å². The highest BCUT2D eigenvalue weighted by Gasteiger charge is 2.45. The topological polar surface area (TPSA) is 21.3 Å². The quantitative estimate of drug-likeness (QED) is 0.600. The molecular weight excluding hydrogens is 169 g/mol. The third-order valence-corrected chi connectivity index (χ3v) is 2.53. The Kier molecular flexibility index (Phi) is 2.73. The van der Waals surface area contributed by atoms with Crippen LogP contribution in [0.1, 0.15) is 12.8 Å². The summed E-state index contributed by atoms with van der Waals surface area (Å²) in [5, 5.41) is 3.18. The van der Waals surface area contributed by atoms with E-state index in [9.17, 15) is 4.39 Å². The zero-order chi connectivity index (χ0) is 7.03. The zero-order valence-corrected chi connectivity index (χ0v) is 7.12. The molecule has 11 heavy (non-hydrogen) atoms. The van der Waals surface area contributed by atoms with Gasteiger partial charge in [0, 0.05) is 6.61 Å². The van der Waals surface area contributed by atoms with Crippen LogP contribution in [0.5, 0.6) is 0 Å². The maximum atomic E-state index is 13.1. The van der Waals surface area contributed by atoms with Crippen molar-refractivity contribution >= 4 is 12.4 Å². The van der Waals surface area contributed by atoms with Gasteiger partial charge in [0.05, 0.1) is 12.1 Å². The Morgan fingerprint density at radius 3 is 2.82 bits per heavy atom. The molecular formula is C7H13ClFNO. The van der Waals surface area contributed by atoms with Crippen LogP contribution in [0.25, 0.3) is 0 Å². The lowest BCUT2D eigenvalue weighted by atomic mass is 9.95. The lowest BCUT2D eigenvalue weighted by Crippen LogP contribution is -2.46.